The highest BCUT2D eigenvalue weighted by molar-refractivity contribution is 6.01. The molecule has 0 bridgehead atoms. The van der Waals surface area contributed by atoms with Gasteiger partial charge in [-0.25, -0.2) is 0 Å². The van der Waals surface area contributed by atoms with Crippen molar-refractivity contribution in [2.24, 2.45) is 0 Å². The number of furan rings is 1. The maximum absolute atomic E-state index is 12.2. The highest BCUT2D eigenvalue weighted by Crippen LogP contribution is 2.29. The number of benzene rings is 1. The number of rotatable bonds is 8. The zero-order valence-corrected chi connectivity index (χ0v) is 14.2. The van der Waals surface area contributed by atoms with E-state index in [0.717, 1.165) is 0 Å². The minimum Gasteiger partial charge on any atom is -0.490 e. The summed E-state index contributed by atoms with van der Waals surface area (Å²) in [7, 11) is 0. The quantitative estimate of drug-likeness (QED) is 0.589. The van der Waals surface area contributed by atoms with Crippen molar-refractivity contribution in [3.63, 3.8) is 0 Å². The van der Waals surface area contributed by atoms with E-state index in [1.165, 1.54) is 12.3 Å². The summed E-state index contributed by atoms with van der Waals surface area (Å²) in [6.07, 6.45) is 3.04. The van der Waals surface area contributed by atoms with Gasteiger partial charge in [0.2, 0.25) is 0 Å². The minimum absolute atomic E-state index is 0.00170. The van der Waals surface area contributed by atoms with E-state index >= 15 is 0 Å². The summed E-state index contributed by atoms with van der Waals surface area (Å²) >= 11 is 0. The van der Waals surface area contributed by atoms with Crippen molar-refractivity contribution in [3.8, 4) is 17.6 Å². The highest BCUT2D eigenvalue weighted by atomic mass is 16.5. The molecule has 1 aromatic carbocycles. The number of nitriles is 1. The molecule has 0 spiro atoms. The standard InChI is InChI=1S/C19H20N2O4/c1-3-23-17-8-7-14(11-18(17)24-4-2)10-15(12-20)19(22)21-13-16-6-5-9-25-16/h5-11H,3-4,13H2,1-2H3,(H,21,22)/b15-10+. The van der Waals surface area contributed by atoms with Crippen LogP contribution in [-0.2, 0) is 11.3 Å². The lowest BCUT2D eigenvalue weighted by Gasteiger charge is -2.11. The first-order chi connectivity index (χ1) is 12.2. The fourth-order valence-corrected chi connectivity index (χ4v) is 2.15. The molecule has 2 rings (SSSR count). The summed E-state index contributed by atoms with van der Waals surface area (Å²) in [5.41, 5.74) is 0.676. The van der Waals surface area contributed by atoms with Crippen molar-refractivity contribution in [2.45, 2.75) is 20.4 Å². The Kier molecular flexibility index (Phi) is 6.66. The molecular weight excluding hydrogens is 320 g/mol. The highest BCUT2D eigenvalue weighted by Gasteiger charge is 2.11. The number of hydrogen-bond donors (Lipinski definition) is 1. The Bertz CT molecular complexity index is 773. The van der Waals surface area contributed by atoms with Crippen LogP contribution in [-0.4, -0.2) is 19.1 Å². The van der Waals surface area contributed by atoms with Crippen molar-refractivity contribution >= 4 is 12.0 Å². The second-order valence-corrected chi connectivity index (χ2v) is 5.00. The normalized spacial score (nSPS) is 10.8. The molecule has 6 nitrogen and oxygen atoms in total. The molecule has 0 atom stereocenters. The summed E-state index contributed by atoms with van der Waals surface area (Å²) < 4.78 is 16.2. The molecule has 1 aromatic heterocycles. The molecule has 130 valence electrons. The second kappa shape index (κ2) is 9.18. The Morgan fingerprint density at radius 1 is 1.24 bits per heavy atom. The summed E-state index contributed by atoms with van der Waals surface area (Å²) in [5.74, 6) is 1.35. The predicted molar refractivity (Wildman–Crippen MR) is 92.9 cm³/mol. The number of hydrogen-bond acceptors (Lipinski definition) is 5. The summed E-state index contributed by atoms with van der Waals surface area (Å²) in [6.45, 7) is 5.00. The Morgan fingerprint density at radius 2 is 2.00 bits per heavy atom. The lowest BCUT2D eigenvalue weighted by Crippen LogP contribution is -2.23. The van der Waals surface area contributed by atoms with Gasteiger partial charge in [-0.05, 0) is 49.8 Å². The maximum atomic E-state index is 12.2. The maximum Gasteiger partial charge on any atom is 0.262 e. The Hall–Kier alpha value is -3.20. The lowest BCUT2D eigenvalue weighted by molar-refractivity contribution is -0.117. The summed E-state index contributed by atoms with van der Waals surface area (Å²) in [5, 5.41) is 11.9. The number of nitrogens with zero attached hydrogens (tertiary/aromatic N) is 1. The summed E-state index contributed by atoms with van der Waals surface area (Å²) in [4.78, 5) is 12.2. The minimum atomic E-state index is -0.467. The van der Waals surface area contributed by atoms with Crippen molar-refractivity contribution in [1.29, 1.82) is 5.26 Å². The average molecular weight is 340 g/mol. The van der Waals surface area contributed by atoms with Crippen LogP contribution < -0.4 is 14.8 Å². The van der Waals surface area contributed by atoms with E-state index in [4.69, 9.17) is 13.9 Å². The molecule has 0 saturated heterocycles. The molecule has 0 aliphatic carbocycles. The van der Waals surface area contributed by atoms with Gasteiger partial charge in [0.05, 0.1) is 26.0 Å². The van der Waals surface area contributed by atoms with Crippen LogP contribution >= 0.6 is 0 Å². The molecule has 6 heteroatoms. The van der Waals surface area contributed by atoms with Gasteiger partial charge in [0.15, 0.2) is 11.5 Å². The number of nitrogens with one attached hydrogen (secondary N) is 1. The fourth-order valence-electron chi connectivity index (χ4n) is 2.15. The van der Waals surface area contributed by atoms with Crippen molar-refractivity contribution < 1.29 is 18.7 Å². The third-order valence-corrected chi connectivity index (χ3v) is 3.25. The molecule has 0 aliphatic heterocycles. The van der Waals surface area contributed by atoms with E-state index in [1.807, 2.05) is 19.9 Å². The molecular formula is C19H20N2O4. The topological polar surface area (TPSA) is 84.5 Å². The van der Waals surface area contributed by atoms with Crippen LogP contribution in [0, 0.1) is 11.3 Å². The van der Waals surface area contributed by atoms with Crippen molar-refractivity contribution in [3.05, 3.63) is 53.5 Å². The molecule has 1 amide bonds. The molecule has 0 radical (unpaired) electrons. The Balaban J connectivity index is 2.15. The van der Waals surface area contributed by atoms with Crippen LogP contribution in [0.3, 0.4) is 0 Å². The van der Waals surface area contributed by atoms with E-state index in [-0.39, 0.29) is 12.1 Å². The van der Waals surface area contributed by atoms with Gasteiger partial charge in [-0.3, -0.25) is 4.79 Å². The molecule has 0 aliphatic rings. The molecule has 0 saturated carbocycles. The van der Waals surface area contributed by atoms with Gasteiger partial charge in [0.25, 0.3) is 5.91 Å². The van der Waals surface area contributed by atoms with Crippen LogP contribution in [0.15, 0.2) is 46.6 Å². The SMILES string of the molecule is CCOc1ccc(/C=C(\C#N)C(=O)NCc2ccco2)cc1OCC. The smallest absolute Gasteiger partial charge is 0.262 e. The molecule has 0 unspecified atom stereocenters. The van der Waals surface area contributed by atoms with Crippen LogP contribution in [0.1, 0.15) is 25.2 Å². The third-order valence-electron chi connectivity index (χ3n) is 3.25. The molecule has 25 heavy (non-hydrogen) atoms. The number of carbonyl (C=O) groups is 1. The van der Waals surface area contributed by atoms with Gasteiger partial charge < -0.3 is 19.2 Å². The van der Waals surface area contributed by atoms with E-state index in [2.05, 4.69) is 5.32 Å². The molecule has 0 fully saturated rings. The van der Waals surface area contributed by atoms with Crippen molar-refractivity contribution in [1.82, 2.24) is 5.32 Å². The number of ether oxygens (including phenoxy) is 2. The van der Waals surface area contributed by atoms with Crippen LogP contribution in [0.2, 0.25) is 0 Å². The lowest BCUT2D eigenvalue weighted by atomic mass is 10.1. The zero-order chi connectivity index (χ0) is 18.1. The van der Waals surface area contributed by atoms with Gasteiger partial charge >= 0.3 is 0 Å². The van der Waals surface area contributed by atoms with E-state index in [9.17, 15) is 10.1 Å². The molecule has 1 heterocycles. The molecule has 2 aromatic rings. The first-order valence-corrected chi connectivity index (χ1v) is 8.00. The van der Waals surface area contributed by atoms with Gasteiger partial charge in [0, 0.05) is 0 Å². The average Bonchev–Trinajstić information content (AvgIpc) is 3.13. The van der Waals surface area contributed by atoms with E-state index < -0.39 is 5.91 Å². The summed E-state index contributed by atoms with van der Waals surface area (Å²) in [6, 6.07) is 10.7. The zero-order valence-electron chi connectivity index (χ0n) is 14.2. The fraction of sp³-hybridized carbons (Fsp3) is 0.263. The second-order valence-electron chi connectivity index (χ2n) is 5.00. The molecule has 1 N–H and O–H groups in total. The Labute approximate surface area is 146 Å². The number of carbonyl (C=O) groups excluding carboxylic acids is 1. The first kappa shape index (κ1) is 18.1. The Morgan fingerprint density at radius 3 is 2.64 bits per heavy atom. The van der Waals surface area contributed by atoms with Gasteiger partial charge in [-0.1, -0.05) is 6.07 Å². The van der Waals surface area contributed by atoms with E-state index in [0.29, 0.717) is 36.0 Å². The van der Waals surface area contributed by atoms with Gasteiger partial charge in [-0.15, -0.1) is 0 Å². The largest absolute Gasteiger partial charge is 0.490 e. The van der Waals surface area contributed by atoms with Gasteiger partial charge in [0.1, 0.15) is 17.4 Å². The third kappa shape index (κ3) is 5.15. The van der Waals surface area contributed by atoms with Gasteiger partial charge in [-0.2, -0.15) is 5.26 Å². The monoisotopic (exact) mass is 340 g/mol. The first-order valence-electron chi connectivity index (χ1n) is 8.00. The van der Waals surface area contributed by atoms with Crippen LogP contribution in [0.5, 0.6) is 11.5 Å². The van der Waals surface area contributed by atoms with Crippen molar-refractivity contribution in [2.75, 3.05) is 13.2 Å². The predicted octanol–water partition coefficient (Wildman–Crippen LogP) is 3.30. The van der Waals surface area contributed by atoms with Crippen LogP contribution in [0.25, 0.3) is 6.08 Å². The van der Waals surface area contributed by atoms with Crippen LogP contribution in [0.4, 0.5) is 0 Å². The van der Waals surface area contributed by atoms with E-state index in [1.54, 1.807) is 30.3 Å². The number of amides is 1.